The van der Waals surface area contributed by atoms with Crippen LogP contribution in [0.3, 0.4) is 0 Å². The van der Waals surface area contributed by atoms with Gasteiger partial charge in [0.25, 0.3) is 0 Å². The molecule has 0 bridgehead atoms. The zero-order valence-corrected chi connectivity index (χ0v) is 6.78. The van der Waals surface area contributed by atoms with Gasteiger partial charge in [0, 0.05) is 5.38 Å². The van der Waals surface area contributed by atoms with Gasteiger partial charge in [0.1, 0.15) is 0 Å². The smallest absolute Gasteiger partial charge is 0.356 e. The summed E-state index contributed by atoms with van der Waals surface area (Å²) in [6.45, 7) is 0. The van der Waals surface area contributed by atoms with Crippen LogP contribution in [-0.2, 0) is 4.74 Å². The summed E-state index contributed by atoms with van der Waals surface area (Å²) < 4.78 is 40.9. The molecule has 0 aliphatic rings. The molecule has 1 heterocycles. The Labute approximate surface area is 74.5 Å². The van der Waals surface area contributed by atoms with E-state index in [2.05, 4.69) is 9.11 Å². The second kappa shape index (κ2) is 3.60. The molecule has 72 valence electrons. The van der Waals surface area contributed by atoms with Crippen LogP contribution < -0.4 is 5.32 Å². The van der Waals surface area contributed by atoms with Crippen LogP contribution in [0.15, 0.2) is 11.6 Å². The fourth-order valence-corrected chi connectivity index (χ4v) is 0.984. The van der Waals surface area contributed by atoms with Gasteiger partial charge in [-0.1, -0.05) is 0 Å². The Morgan fingerprint density at radius 2 is 2.31 bits per heavy atom. The molecule has 1 N–H and O–H groups in total. The van der Waals surface area contributed by atoms with E-state index in [1.807, 2.05) is 5.32 Å². The van der Waals surface area contributed by atoms with Crippen molar-refractivity contribution >= 4 is 23.3 Å². The van der Waals surface area contributed by atoms with E-state index in [1.54, 1.807) is 0 Å². The molecule has 0 aromatic carbocycles. The van der Waals surface area contributed by atoms with E-state index in [1.165, 1.54) is 11.6 Å². The molecule has 1 aromatic heterocycles. The topological polar surface area (TPSA) is 51.2 Å². The summed E-state index contributed by atoms with van der Waals surface area (Å²) >= 11 is 0.998. The number of ether oxygens (including phenoxy) is 1. The van der Waals surface area contributed by atoms with Gasteiger partial charge in [-0.2, -0.15) is 4.37 Å². The first-order valence-corrected chi connectivity index (χ1v) is 3.77. The molecule has 1 amide bonds. The number of carbonyl (C=O) groups is 1. The third kappa shape index (κ3) is 3.74. The second-order valence-electron chi connectivity index (χ2n) is 1.87. The van der Waals surface area contributed by atoms with Crippen LogP contribution in [-0.4, -0.2) is 16.8 Å². The molecule has 0 atom stereocenters. The quantitative estimate of drug-likeness (QED) is 0.776. The summed E-state index contributed by atoms with van der Waals surface area (Å²) in [5.74, 6) is 0. The first kappa shape index (κ1) is 9.78. The first-order valence-electron chi connectivity index (χ1n) is 2.93. The largest absolute Gasteiger partial charge is 0.576 e. The lowest BCUT2D eigenvalue weighted by Crippen LogP contribution is -2.23. The Morgan fingerprint density at radius 3 is 2.77 bits per heavy atom. The Morgan fingerprint density at radius 1 is 1.62 bits per heavy atom. The van der Waals surface area contributed by atoms with Gasteiger partial charge < -0.3 is 4.74 Å². The predicted octanol–water partition coefficient (Wildman–Crippen LogP) is 2.21. The van der Waals surface area contributed by atoms with Crippen molar-refractivity contribution in [3.05, 3.63) is 11.6 Å². The molecule has 0 unspecified atom stereocenters. The molecule has 13 heavy (non-hydrogen) atoms. The van der Waals surface area contributed by atoms with E-state index in [-0.39, 0.29) is 5.69 Å². The Kier molecular flexibility index (Phi) is 2.71. The number of nitrogens with one attached hydrogen (secondary N) is 1. The highest BCUT2D eigenvalue weighted by Crippen LogP contribution is 2.17. The van der Waals surface area contributed by atoms with Gasteiger partial charge in [0.05, 0.1) is 11.9 Å². The van der Waals surface area contributed by atoms with Crippen molar-refractivity contribution < 1.29 is 22.7 Å². The van der Waals surface area contributed by atoms with Crippen molar-refractivity contribution in [2.24, 2.45) is 0 Å². The van der Waals surface area contributed by atoms with Crippen molar-refractivity contribution in [1.82, 2.24) is 4.37 Å². The lowest BCUT2D eigenvalue weighted by Gasteiger charge is -2.06. The Hall–Kier alpha value is -1.31. The van der Waals surface area contributed by atoms with E-state index in [0.717, 1.165) is 11.5 Å². The standard InChI is InChI=1S/C5H3F3N2O2S/c6-5(7,8)12-4(11)10-3-1-9-13-2-3/h1-2H,(H,10,11). The predicted molar refractivity (Wildman–Crippen MR) is 38.3 cm³/mol. The van der Waals surface area contributed by atoms with Gasteiger partial charge in [0.2, 0.25) is 0 Å². The van der Waals surface area contributed by atoms with Gasteiger partial charge >= 0.3 is 12.5 Å². The van der Waals surface area contributed by atoms with E-state index in [4.69, 9.17) is 0 Å². The molecule has 0 saturated heterocycles. The van der Waals surface area contributed by atoms with Crippen molar-refractivity contribution in [1.29, 1.82) is 0 Å². The van der Waals surface area contributed by atoms with Crippen LogP contribution >= 0.6 is 11.5 Å². The molecule has 0 fully saturated rings. The third-order valence-corrected chi connectivity index (χ3v) is 1.47. The lowest BCUT2D eigenvalue weighted by molar-refractivity contribution is -0.289. The van der Waals surface area contributed by atoms with Crippen LogP contribution in [0.1, 0.15) is 0 Å². The summed E-state index contributed by atoms with van der Waals surface area (Å²) in [6, 6.07) is 0. The summed E-state index contributed by atoms with van der Waals surface area (Å²) in [4.78, 5) is 10.4. The summed E-state index contributed by atoms with van der Waals surface area (Å²) in [6.07, 6.45) is -5.33. The van der Waals surface area contributed by atoms with Crippen molar-refractivity contribution in [2.75, 3.05) is 5.32 Å². The highest BCUT2D eigenvalue weighted by atomic mass is 32.1. The van der Waals surface area contributed by atoms with Crippen LogP contribution in [0.25, 0.3) is 0 Å². The van der Waals surface area contributed by atoms with E-state index in [0.29, 0.717) is 0 Å². The van der Waals surface area contributed by atoms with Gasteiger partial charge in [-0.15, -0.1) is 13.2 Å². The molecule has 0 spiro atoms. The number of hydrogen-bond acceptors (Lipinski definition) is 4. The zero-order chi connectivity index (χ0) is 9.90. The molecular weight excluding hydrogens is 209 g/mol. The average Bonchev–Trinajstić information content (AvgIpc) is 2.34. The number of amides is 1. The maximum absolute atomic E-state index is 11.4. The maximum atomic E-state index is 11.4. The lowest BCUT2D eigenvalue weighted by atomic mass is 10.6. The maximum Gasteiger partial charge on any atom is 0.576 e. The minimum atomic E-state index is -4.96. The van der Waals surface area contributed by atoms with Gasteiger partial charge in [0.15, 0.2) is 0 Å². The van der Waals surface area contributed by atoms with Crippen molar-refractivity contribution in [3.63, 3.8) is 0 Å². The van der Waals surface area contributed by atoms with Crippen LogP contribution in [0.5, 0.6) is 0 Å². The number of nitrogens with zero attached hydrogens (tertiary/aromatic N) is 1. The van der Waals surface area contributed by atoms with Gasteiger partial charge in [-0.05, 0) is 11.5 Å². The third-order valence-electron chi connectivity index (χ3n) is 0.887. The molecule has 0 radical (unpaired) electrons. The molecule has 1 rings (SSSR count). The summed E-state index contributed by atoms with van der Waals surface area (Å²) in [5.41, 5.74) is 0.166. The molecule has 0 aliphatic carbocycles. The molecule has 0 saturated carbocycles. The summed E-state index contributed by atoms with van der Waals surface area (Å²) in [7, 11) is 0. The van der Waals surface area contributed by atoms with Crippen LogP contribution in [0.4, 0.5) is 23.7 Å². The minimum absolute atomic E-state index is 0.166. The minimum Gasteiger partial charge on any atom is -0.356 e. The highest BCUT2D eigenvalue weighted by Gasteiger charge is 2.34. The monoisotopic (exact) mass is 212 g/mol. The van der Waals surface area contributed by atoms with Gasteiger partial charge in [-0.3, -0.25) is 5.32 Å². The van der Waals surface area contributed by atoms with E-state index >= 15 is 0 Å². The van der Waals surface area contributed by atoms with E-state index in [9.17, 15) is 18.0 Å². The first-order chi connectivity index (χ1) is 5.97. The van der Waals surface area contributed by atoms with Crippen molar-refractivity contribution in [3.8, 4) is 0 Å². The zero-order valence-electron chi connectivity index (χ0n) is 5.96. The Bertz CT molecular complexity index is 284. The molecule has 8 heteroatoms. The van der Waals surface area contributed by atoms with E-state index < -0.39 is 12.5 Å². The average molecular weight is 212 g/mol. The molecule has 0 aliphatic heterocycles. The molecular formula is C5H3F3N2O2S. The summed E-state index contributed by atoms with van der Waals surface area (Å²) in [5, 5.41) is 3.22. The van der Waals surface area contributed by atoms with Gasteiger partial charge in [-0.25, -0.2) is 4.79 Å². The van der Waals surface area contributed by atoms with Crippen LogP contribution in [0, 0.1) is 0 Å². The molecule has 1 aromatic rings. The number of rotatable bonds is 1. The fourth-order valence-electron chi connectivity index (χ4n) is 0.515. The normalized spacial score (nSPS) is 11.0. The van der Waals surface area contributed by atoms with Crippen LogP contribution in [0.2, 0.25) is 0 Å². The van der Waals surface area contributed by atoms with Crippen molar-refractivity contribution in [2.45, 2.75) is 6.36 Å². The Balaban J connectivity index is 2.43. The highest BCUT2D eigenvalue weighted by molar-refractivity contribution is 7.04. The number of carbonyl (C=O) groups excluding carboxylic acids is 1. The molecule has 4 nitrogen and oxygen atoms in total. The number of hydrogen-bond donors (Lipinski definition) is 1. The number of aromatic nitrogens is 1. The fraction of sp³-hybridized carbons (Fsp3) is 0.200. The number of alkyl halides is 3. The number of anilines is 1. The number of halogens is 3. The SMILES string of the molecule is O=C(Nc1cnsc1)OC(F)(F)F. The second-order valence-corrected chi connectivity index (χ2v) is 2.53.